The summed E-state index contributed by atoms with van der Waals surface area (Å²) in [7, 11) is 0. The van der Waals surface area contributed by atoms with Crippen molar-refractivity contribution in [2.45, 2.75) is 38.3 Å². The first-order chi connectivity index (χ1) is 12.7. The van der Waals surface area contributed by atoms with E-state index in [9.17, 15) is 4.79 Å². The molecule has 1 N–H and O–H groups in total. The highest BCUT2D eigenvalue weighted by Gasteiger charge is 2.25. The maximum absolute atomic E-state index is 11.1. The Morgan fingerprint density at radius 3 is 2.58 bits per heavy atom. The first-order valence-corrected chi connectivity index (χ1v) is 9.42. The van der Waals surface area contributed by atoms with Crippen LogP contribution in [0.3, 0.4) is 0 Å². The highest BCUT2D eigenvalue weighted by atomic mass is 16.4. The monoisotopic (exact) mass is 351 g/mol. The molecule has 0 unspecified atom stereocenters. The van der Waals surface area contributed by atoms with Crippen molar-refractivity contribution in [3.8, 4) is 0 Å². The molecule has 0 saturated carbocycles. The normalized spacial score (nSPS) is 18.5. The van der Waals surface area contributed by atoms with E-state index in [0.29, 0.717) is 19.0 Å². The van der Waals surface area contributed by atoms with Crippen LogP contribution in [-0.2, 0) is 19.5 Å². The van der Waals surface area contributed by atoms with E-state index in [2.05, 4.69) is 47.4 Å². The topological polar surface area (TPSA) is 56.7 Å². The molecule has 2 aromatic rings. The molecule has 0 radical (unpaired) electrons. The standard InChI is InChI=1S/C21H25N3O2/c25-21(26)24-12-8-17(9-13-24)19-7-6-18-15-23(11-10-20(18)22-19)14-16-4-2-1-3-5-16/h1-7,17H,8-15H2,(H,25,26). The third-order valence-electron chi connectivity index (χ3n) is 5.58. The Balaban J connectivity index is 1.40. The van der Waals surface area contributed by atoms with Crippen molar-refractivity contribution in [1.29, 1.82) is 0 Å². The summed E-state index contributed by atoms with van der Waals surface area (Å²) >= 11 is 0. The van der Waals surface area contributed by atoms with Gasteiger partial charge in [-0.3, -0.25) is 9.88 Å². The number of piperidine rings is 1. The summed E-state index contributed by atoms with van der Waals surface area (Å²) in [6.07, 6.45) is 1.93. The predicted molar refractivity (Wildman–Crippen MR) is 100 cm³/mol. The van der Waals surface area contributed by atoms with E-state index >= 15 is 0 Å². The summed E-state index contributed by atoms with van der Waals surface area (Å²) in [6, 6.07) is 15.0. The summed E-state index contributed by atoms with van der Waals surface area (Å²) in [5.74, 6) is 0.387. The second-order valence-corrected chi connectivity index (χ2v) is 7.33. The van der Waals surface area contributed by atoms with Gasteiger partial charge < -0.3 is 10.0 Å². The van der Waals surface area contributed by atoms with Crippen LogP contribution >= 0.6 is 0 Å². The molecule has 1 aromatic heterocycles. The number of likely N-dealkylation sites (tertiary alicyclic amines) is 1. The lowest BCUT2D eigenvalue weighted by molar-refractivity contribution is 0.131. The number of hydrogen-bond acceptors (Lipinski definition) is 3. The van der Waals surface area contributed by atoms with Crippen LogP contribution in [0.25, 0.3) is 0 Å². The Hall–Kier alpha value is -2.40. The molecule has 0 atom stereocenters. The molecule has 2 aliphatic heterocycles. The number of carboxylic acid groups (broad SMARTS) is 1. The summed E-state index contributed by atoms with van der Waals surface area (Å²) in [5.41, 5.74) is 5.06. The Morgan fingerprint density at radius 2 is 1.85 bits per heavy atom. The van der Waals surface area contributed by atoms with E-state index in [1.165, 1.54) is 21.7 Å². The van der Waals surface area contributed by atoms with Crippen LogP contribution in [0.4, 0.5) is 4.79 Å². The number of benzene rings is 1. The largest absolute Gasteiger partial charge is 0.465 e. The van der Waals surface area contributed by atoms with E-state index < -0.39 is 6.09 Å². The quantitative estimate of drug-likeness (QED) is 0.920. The number of fused-ring (bicyclic) bond motifs is 1. The average molecular weight is 351 g/mol. The number of nitrogens with zero attached hydrogens (tertiary/aromatic N) is 3. The predicted octanol–water partition coefficient (Wildman–Crippen LogP) is 3.50. The maximum Gasteiger partial charge on any atom is 0.407 e. The van der Waals surface area contributed by atoms with Gasteiger partial charge >= 0.3 is 6.09 Å². The molecular formula is C21H25N3O2. The molecule has 3 heterocycles. The van der Waals surface area contributed by atoms with Crippen molar-refractivity contribution in [3.05, 3.63) is 65.0 Å². The Labute approximate surface area is 154 Å². The van der Waals surface area contributed by atoms with Gasteiger partial charge in [-0.1, -0.05) is 36.4 Å². The van der Waals surface area contributed by atoms with Crippen molar-refractivity contribution in [3.63, 3.8) is 0 Å². The molecule has 2 aliphatic rings. The molecule has 0 aliphatic carbocycles. The lowest BCUT2D eigenvalue weighted by Gasteiger charge is -2.31. The smallest absolute Gasteiger partial charge is 0.407 e. The molecule has 4 rings (SSSR count). The highest BCUT2D eigenvalue weighted by Crippen LogP contribution is 2.29. The molecule has 0 spiro atoms. The molecule has 5 nitrogen and oxygen atoms in total. The molecule has 1 aromatic carbocycles. The number of carbonyl (C=O) groups is 1. The fourth-order valence-corrected chi connectivity index (χ4v) is 4.06. The van der Waals surface area contributed by atoms with Crippen LogP contribution in [0, 0.1) is 0 Å². The van der Waals surface area contributed by atoms with Crippen molar-refractivity contribution >= 4 is 6.09 Å². The van der Waals surface area contributed by atoms with Crippen molar-refractivity contribution < 1.29 is 9.90 Å². The van der Waals surface area contributed by atoms with Gasteiger partial charge in [0.1, 0.15) is 0 Å². The molecule has 1 fully saturated rings. The number of hydrogen-bond donors (Lipinski definition) is 1. The van der Waals surface area contributed by atoms with Gasteiger partial charge in [0, 0.05) is 56.5 Å². The summed E-state index contributed by atoms with van der Waals surface area (Å²) in [4.78, 5) is 20.0. The van der Waals surface area contributed by atoms with Gasteiger partial charge in [0.05, 0.1) is 0 Å². The zero-order valence-corrected chi connectivity index (χ0v) is 15.0. The molecule has 136 valence electrons. The van der Waals surface area contributed by atoms with E-state index in [1.807, 2.05) is 0 Å². The van der Waals surface area contributed by atoms with Crippen LogP contribution in [0.1, 0.15) is 41.3 Å². The molecule has 5 heteroatoms. The van der Waals surface area contributed by atoms with Gasteiger partial charge in [0.2, 0.25) is 0 Å². The number of aromatic nitrogens is 1. The lowest BCUT2D eigenvalue weighted by atomic mass is 9.92. The molecule has 26 heavy (non-hydrogen) atoms. The molecule has 1 saturated heterocycles. The SMILES string of the molecule is O=C(O)N1CCC(c2ccc3c(n2)CCN(Cc2ccccc2)C3)CC1. The third-order valence-corrected chi connectivity index (χ3v) is 5.58. The van der Waals surface area contributed by atoms with E-state index in [-0.39, 0.29) is 0 Å². The number of rotatable bonds is 3. The van der Waals surface area contributed by atoms with Crippen LogP contribution in [-0.4, -0.2) is 45.6 Å². The minimum absolute atomic E-state index is 0.387. The van der Waals surface area contributed by atoms with Crippen molar-refractivity contribution in [2.75, 3.05) is 19.6 Å². The van der Waals surface area contributed by atoms with Crippen LogP contribution < -0.4 is 0 Å². The Kier molecular flexibility index (Phi) is 4.89. The molecule has 1 amide bonds. The third kappa shape index (κ3) is 3.73. The van der Waals surface area contributed by atoms with Crippen LogP contribution in [0.2, 0.25) is 0 Å². The highest BCUT2D eigenvalue weighted by molar-refractivity contribution is 5.65. The second kappa shape index (κ2) is 7.46. The fraction of sp³-hybridized carbons (Fsp3) is 0.429. The number of pyridine rings is 1. The maximum atomic E-state index is 11.1. The van der Waals surface area contributed by atoms with Gasteiger partial charge in [-0.15, -0.1) is 0 Å². The minimum atomic E-state index is -0.805. The molecule has 0 bridgehead atoms. The van der Waals surface area contributed by atoms with E-state index in [1.54, 1.807) is 0 Å². The zero-order chi connectivity index (χ0) is 17.9. The Morgan fingerprint density at radius 1 is 1.08 bits per heavy atom. The van der Waals surface area contributed by atoms with Gasteiger partial charge in [0.25, 0.3) is 0 Å². The number of amides is 1. The van der Waals surface area contributed by atoms with Gasteiger partial charge in [-0.25, -0.2) is 4.79 Å². The summed E-state index contributed by atoms with van der Waals surface area (Å²) in [6.45, 7) is 4.20. The fourth-order valence-electron chi connectivity index (χ4n) is 4.06. The zero-order valence-electron chi connectivity index (χ0n) is 15.0. The first kappa shape index (κ1) is 17.0. The van der Waals surface area contributed by atoms with Gasteiger partial charge in [-0.05, 0) is 30.0 Å². The first-order valence-electron chi connectivity index (χ1n) is 9.42. The Bertz CT molecular complexity index is 770. The summed E-state index contributed by atoms with van der Waals surface area (Å²) < 4.78 is 0. The minimum Gasteiger partial charge on any atom is -0.465 e. The lowest BCUT2D eigenvalue weighted by Crippen LogP contribution is -2.37. The second-order valence-electron chi connectivity index (χ2n) is 7.33. The van der Waals surface area contributed by atoms with E-state index in [0.717, 1.165) is 44.6 Å². The van der Waals surface area contributed by atoms with Crippen LogP contribution in [0.5, 0.6) is 0 Å². The molecular weight excluding hydrogens is 326 g/mol. The van der Waals surface area contributed by atoms with Crippen LogP contribution in [0.15, 0.2) is 42.5 Å². The van der Waals surface area contributed by atoms with Gasteiger partial charge in [-0.2, -0.15) is 0 Å². The average Bonchev–Trinajstić information content (AvgIpc) is 2.68. The van der Waals surface area contributed by atoms with Crippen molar-refractivity contribution in [1.82, 2.24) is 14.8 Å². The van der Waals surface area contributed by atoms with E-state index in [4.69, 9.17) is 10.1 Å². The van der Waals surface area contributed by atoms with Gasteiger partial charge in [0.15, 0.2) is 0 Å². The van der Waals surface area contributed by atoms with Crippen molar-refractivity contribution in [2.24, 2.45) is 0 Å². The summed E-state index contributed by atoms with van der Waals surface area (Å²) in [5, 5.41) is 9.09.